The number of aryl methyl sites for hydroxylation is 2. The van der Waals surface area contributed by atoms with Gasteiger partial charge in [0, 0.05) is 23.8 Å². The number of anilines is 1. The minimum absolute atomic E-state index is 0.0373. The predicted molar refractivity (Wildman–Crippen MR) is 177 cm³/mol. The summed E-state index contributed by atoms with van der Waals surface area (Å²) in [5, 5.41) is 1.67. The Morgan fingerprint density at radius 1 is 1.09 bits per heavy atom. The average Bonchev–Trinajstić information content (AvgIpc) is 3.48. The maximum absolute atomic E-state index is 13.8. The summed E-state index contributed by atoms with van der Waals surface area (Å²) in [6.45, 7) is 2.36. The standard InChI is InChI=1S/C34H32N4O5S2/c1-23(9-6-13-25-12-4-5-19-35-25)17-18-30(39)32-31-28(22-44-32)36-34(41)38(33(31)40)26-14-7-15-27(21-26)45(42,43)37-20-8-11-24-10-2-3-16-29(24)37/h2-5,7,10,12,14-19,21-23H,6,8-9,11,13,20H2,1H3,(H,36,41)/b18-17+. The van der Waals surface area contributed by atoms with Gasteiger partial charge in [0.25, 0.3) is 15.6 Å². The van der Waals surface area contributed by atoms with E-state index in [0.717, 1.165) is 52.8 Å². The highest BCUT2D eigenvalue weighted by atomic mass is 32.2. The van der Waals surface area contributed by atoms with Crippen LogP contribution in [0, 0.1) is 5.92 Å². The molecule has 45 heavy (non-hydrogen) atoms. The van der Waals surface area contributed by atoms with Crippen LogP contribution >= 0.6 is 11.3 Å². The fourth-order valence-electron chi connectivity index (χ4n) is 5.69. The van der Waals surface area contributed by atoms with Crippen LogP contribution in [-0.4, -0.2) is 35.3 Å². The summed E-state index contributed by atoms with van der Waals surface area (Å²) < 4.78 is 29.8. The third-order valence-corrected chi connectivity index (χ3v) is 10.8. The van der Waals surface area contributed by atoms with Crippen molar-refractivity contribution >= 4 is 43.7 Å². The van der Waals surface area contributed by atoms with E-state index in [4.69, 9.17) is 0 Å². The Hall–Kier alpha value is -4.61. The SMILES string of the molecule is CC(/C=C/C(=O)c1scc2[nH]c(=O)n(-c3cccc(S(=O)(=O)N4CCCc5ccccc54)c3)c(=O)c12)CCCc1ccccn1. The van der Waals surface area contributed by atoms with E-state index in [9.17, 15) is 22.8 Å². The van der Waals surface area contributed by atoms with Crippen LogP contribution < -0.4 is 15.6 Å². The number of fused-ring (bicyclic) bond motifs is 2. The average molecular weight is 641 g/mol. The minimum Gasteiger partial charge on any atom is -0.306 e. The lowest BCUT2D eigenvalue weighted by Crippen LogP contribution is -2.36. The molecular weight excluding hydrogens is 609 g/mol. The Balaban J connectivity index is 1.27. The van der Waals surface area contributed by atoms with Crippen molar-refractivity contribution in [2.24, 2.45) is 5.92 Å². The minimum atomic E-state index is -3.98. The van der Waals surface area contributed by atoms with E-state index in [1.807, 2.05) is 43.3 Å². The molecule has 4 heterocycles. The number of pyridine rings is 1. The summed E-state index contributed by atoms with van der Waals surface area (Å²) in [6.07, 6.45) is 9.20. The molecule has 2 aromatic carbocycles. The number of allylic oxidation sites excluding steroid dienone is 2. The van der Waals surface area contributed by atoms with Gasteiger partial charge in [-0.2, -0.15) is 0 Å². The molecule has 1 aliphatic heterocycles. The number of benzene rings is 2. The lowest BCUT2D eigenvalue weighted by atomic mass is 10.0. The highest BCUT2D eigenvalue weighted by Crippen LogP contribution is 2.32. The lowest BCUT2D eigenvalue weighted by molar-refractivity contribution is 0.105. The zero-order valence-electron chi connectivity index (χ0n) is 24.7. The molecule has 1 aliphatic rings. The Morgan fingerprint density at radius 3 is 2.73 bits per heavy atom. The third-order valence-electron chi connectivity index (χ3n) is 8.00. The maximum Gasteiger partial charge on any atom is 0.333 e. The number of aromatic nitrogens is 3. The van der Waals surface area contributed by atoms with Gasteiger partial charge in [0.05, 0.1) is 32.1 Å². The van der Waals surface area contributed by atoms with E-state index in [-0.39, 0.29) is 38.1 Å². The summed E-state index contributed by atoms with van der Waals surface area (Å²) in [4.78, 5) is 47.4. The summed E-state index contributed by atoms with van der Waals surface area (Å²) in [7, 11) is -3.98. The van der Waals surface area contributed by atoms with Crippen molar-refractivity contribution in [3.05, 3.63) is 127 Å². The second kappa shape index (κ2) is 12.8. The van der Waals surface area contributed by atoms with Crippen LogP contribution in [0.15, 0.2) is 105 Å². The van der Waals surface area contributed by atoms with Gasteiger partial charge in [-0.1, -0.05) is 43.3 Å². The number of nitrogens with zero attached hydrogens (tertiary/aromatic N) is 3. The van der Waals surface area contributed by atoms with Gasteiger partial charge < -0.3 is 4.98 Å². The first kappa shape index (κ1) is 30.4. The van der Waals surface area contributed by atoms with Crippen LogP contribution in [0.3, 0.4) is 0 Å². The number of rotatable bonds is 10. The predicted octanol–water partition coefficient (Wildman–Crippen LogP) is 5.67. The van der Waals surface area contributed by atoms with Crippen LogP contribution in [0.2, 0.25) is 0 Å². The zero-order valence-corrected chi connectivity index (χ0v) is 26.3. The van der Waals surface area contributed by atoms with E-state index in [1.54, 1.807) is 23.7 Å². The highest BCUT2D eigenvalue weighted by Gasteiger charge is 2.29. The van der Waals surface area contributed by atoms with Gasteiger partial charge in [0.15, 0.2) is 5.78 Å². The van der Waals surface area contributed by atoms with Gasteiger partial charge in [-0.3, -0.25) is 18.9 Å². The largest absolute Gasteiger partial charge is 0.333 e. The second-order valence-corrected chi connectivity index (χ2v) is 13.9. The molecule has 1 N–H and O–H groups in total. The first-order chi connectivity index (χ1) is 21.7. The van der Waals surface area contributed by atoms with E-state index >= 15 is 0 Å². The van der Waals surface area contributed by atoms with Crippen molar-refractivity contribution in [3.8, 4) is 5.69 Å². The van der Waals surface area contributed by atoms with Crippen molar-refractivity contribution < 1.29 is 13.2 Å². The number of H-pyrrole nitrogens is 1. The molecule has 0 radical (unpaired) electrons. The van der Waals surface area contributed by atoms with Crippen molar-refractivity contribution in [2.75, 3.05) is 10.8 Å². The Labute approximate surface area is 264 Å². The number of nitrogens with one attached hydrogen (secondary N) is 1. The monoisotopic (exact) mass is 640 g/mol. The molecule has 230 valence electrons. The number of carbonyl (C=O) groups excluding carboxylic acids is 1. The second-order valence-electron chi connectivity index (χ2n) is 11.1. The maximum atomic E-state index is 13.8. The number of sulfonamides is 1. The topological polar surface area (TPSA) is 122 Å². The Bertz CT molecular complexity index is 2130. The van der Waals surface area contributed by atoms with Crippen LogP contribution in [0.25, 0.3) is 16.6 Å². The van der Waals surface area contributed by atoms with E-state index in [1.165, 1.54) is 34.6 Å². The number of para-hydroxylation sites is 1. The molecule has 9 nitrogen and oxygen atoms in total. The molecule has 0 spiro atoms. The molecular formula is C34H32N4O5S2. The first-order valence-electron chi connectivity index (χ1n) is 14.8. The highest BCUT2D eigenvalue weighted by molar-refractivity contribution is 7.92. The number of hydrogen-bond acceptors (Lipinski definition) is 7. The molecule has 0 amide bonds. The molecule has 3 aromatic heterocycles. The number of thiophene rings is 1. The van der Waals surface area contributed by atoms with Crippen molar-refractivity contribution in [3.63, 3.8) is 0 Å². The number of carbonyl (C=O) groups is 1. The van der Waals surface area contributed by atoms with Crippen LogP contribution in [0.5, 0.6) is 0 Å². The normalized spacial score (nSPS) is 14.1. The van der Waals surface area contributed by atoms with Crippen molar-refractivity contribution in [2.45, 2.75) is 43.9 Å². The van der Waals surface area contributed by atoms with Gasteiger partial charge in [0.1, 0.15) is 0 Å². The molecule has 0 saturated heterocycles. The summed E-state index contributed by atoms with van der Waals surface area (Å²) in [5.74, 6) is -0.195. The fraction of sp³-hybridized carbons (Fsp3) is 0.235. The van der Waals surface area contributed by atoms with E-state index in [2.05, 4.69) is 9.97 Å². The number of ketones is 1. The molecule has 1 unspecified atom stereocenters. The zero-order chi connectivity index (χ0) is 31.6. The number of hydrogen-bond donors (Lipinski definition) is 1. The summed E-state index contributed by atoms with van der Waals surface area (Å²) in [6, 6.07) is 19.0. The molecule has 6 rings (SSSR count). The van der Waals surface area contributed by atoms with Gasteiger partial charge >= 0.3 is 5.69 Å². The van der Waals surface area contributed by atoms with Gasteiger partial charge in [0.2, 0.25) is 0 Å². The quantitative estimate of drug-likeness (QED) is 0.155. The smallest absolute Gasteiger partial charge is 0.306 e. The molecule has 0 bridgehead atoms. The molecule has 11 heteroatoms. The Morgan fingerprint density at radius 2 is 1.91 bits per heavy atom. The summed E-state index contributed by atoms with van der Waals surface area (Å²) >= 11 is 1.09. The van der Waals surface area contributed by atoms with Gasteiger partial charge in [-0.25, -0.2) is 17.8 Å². The lowest BCUT2D eigenvalue weighted by Gasteiger charge is -2.30. The van der Waals surface area contributed by atoms with E-state index in [0.29, 0.717) is 18.7 Å². The fourth-order valence-corrected chi connectivity index (χ4v) is 8.18. The molecule has 1 atom stereocenters. The molecule has 0 aliphatic carbocycles. The van der Waals surface area contributed by atoms with Crippen molar-refractivity contribution in [1.82, 2.24) is 14.5 Å². The summed E-state index contributed by atoms with van der Waals surface area (Å²) in [5.41, 5.74) is 1.55. The molecule has 0 fully saturated rings. The third kappa shape index (κ3) is 6.18. The van der Waals surface area contributed by atoms with Crippen LogP contribution in [0.1, 0.15) is 47.1 Å². The van der Waals surface area contributed by atoms with Gasteiger partial charge in [-0.05, 0) is 86.1 Å². The molecule has 5 aromatic rings. The van der Waals surface area contributed by atoms with Gasteiger partial charge in [-0.15, -0.1) is 11.3 Å². The van der Waals surface area contributed by atoms with Crippen LogP contribution in [0.4, 0.5) is 5.69 Å². The van der Waals surface area contributed by atoms with Crippen LogP contribution in [-0.2, 0) is 22.9 Å². The first-order valence-corrected chi connectivity index (χ1v) is 17.2. The van der Waals surface area contributed by atoms with E-state index < -0.39 is 21.3 Å². The Kier molecular flexibility index (Phi) is 8.64. The number of aromatic amines is 1. The molecule has 0 saturated carbocycles. The van der Waals surface area contributed by atoms with Crippen molar-refractivity contribution in [1.29, 1.82) is 0 Å².